The summed E-state index contributed by atoms with van der Waals surface area (Å²) in [5, 5.41) is 31.1. The van der Waals surface area contributed by atoms with Crippen molar-refractivity contribution in [3.05, 3.63) is 5.69 Å². The second kappa shape index (κ2) is 3.05. The van der Waals surface area contributed by atoms with Crippen LogP contribution < -0.4 is 0 Å². The maximum atomic E-state index is 3.69. The largest absolute Gasteiger partial charge is 0.229 e. The van der Waals surface area contributed by atoms with Crippen LogP contribution in [0.5, 0.6) is 0 Å². The number of aryl methyl sites for hydroxylation is 1. The average Bonchev–Trinajstić information content (AvgIpc) is 2.20. The highest BCUT2D eigenvalue weighted by Gasteiger charge is 2.09. The molecule has 0 aliphatic rings. The second-order valence-electron chi connectivity index (χ2n) is 2.10. The number of hydrogen-bond donors (Lipinski definition) is 0. The molecule has 0 saturated heterocycles. The highest BCUT2D eigenvalue weighted by atomic mass is 15.5. The van der Waals surface area contributed by atoms with Gasteiger partial charge in [0.1, 0.15) is 0 Å². The van der Waals surface area contributed by atoms with E-state index >= 15 is 0 Å². The molecule has 0 unspecified atom stereocenters. The van der Waals surface area contributed by atoms with E-state index in [-0.39, 0.29) is 5.82 Å². The number of aromatic nitrogens is 9. The van der Waals surface area contributed by atoms with E-state index in [1.165, 1.54) is 0 Å². The number of nitrogens with zero attached hydrogens (tertiary/aromatic N) is 9. The van der Waals surface area contributed by atoms with Gasteiger partial charge in [-0.25, -0.2) is 0 Å². The van der Waals surface area contributed by atoms with Gasteiger partial charge >= 0.3 is 0 Å². The first kappa shape index (κ1) is 7.46. The predicted molar refractivity (Wildman–Crippen MR) is 36.8 cm³/mol. The fourth-order valence-electron chi connectivity index (χ4n) is 0.735. The summed E-state index contributed by atoms with van der Waals surface area (Å²) in [7, 11) is 0. The number of rotatable bonds is 1. The maximum absolute atomic E-state index is 3.69. The topological polar surface area (TPSA) is 116 Å². The van der Waals surface area contributed by atoms with Gasteiger partial charge in [-0.2, -0.15) is 0 Å². The molecular formula is C4H3N9. The Morgan fingerprint density at radius 2 is 1.31 bits per heavy atom. The molecule has 0 atom stereocenters. The molecule has 2 rings (SSSR count). The van der Waals surface area contributed by atoms with Crippen LogP contribution in [-0.2, 0) is 0 Å². The quantitative estimate of drug-likeness (QED) is 0.498. The van der Waals surface area contributed by atoms with Gasteiger partial charge in [0.25, 0.3) is 0 Å². The van der Waals surface area contributed by atoms with E-state index in [2.05, 4.69) is 46.5 Å². The molecule has 9 heteroatoms. The SMILES string of the molecule is Cc1nnnnc1-c1nnnnn1. The minimum absolute atomic E-state index is 0.231. The Hall–Kier alpha value is -2.19. The minimum Gasteiger partial charge on any atom is -0.132 e. The summed E-state index contributed by atoms with van der Waals surface area (Å²) in [5.74, 6) is 0.231. The lowest BCUT2D eigenvalue weighted by Crippen LogP contribution is -2.04. The van der Waals surface area contributed by atoms with Crippen molar-refractivity contribution in [3.63, 3.8) is 0 Å². The predicted octanol–water partition coefficient (Wildman–Crippen LogP) is -1.78. The van der Waals surface area contributed by atoms with Gasteiger partial charge < -0.3 is 0 Å². The van der Waals surface area contributed by atoms with Gasteiger partial charge in [-0.3, -0.25) is 0 Å². The highest BCUT2D eigenvalue weighted by Crippen LogP contribution is 2.08. The summed E-state index contributed by atoms with van der Waals surface area (Å²) >= 11 is 0. The Balaban J connectivity index is 2.54. The summed E-state index contributed by atoms with van der Waals surface area (Å²) in [6, 6.07) is 0. The zero-order chi connectivity index (χ0) is 9.10. The fourth-order valence-corrected chi connectivity index (χ4v) is 0.735. The third kappa shape index (κ3) is 1.38. The van der Waals surface area contributed by atoms with Crippen molar-refractivity contribution in [2.24, 2.45) is 0 Å². The van der Waals surface area contributed by atoms with Crippen LogP contribution >= 0.6 is 0 Å². The fraction of sp³-hybridized carbons (Fsp3) is 0.250. The molecule has 0 bridgehead atoms. The summed E-state index contributed by atoms with van der Waals surface area (Å²) < 4.78 is 0. The first-order valence-electron chi connectivity index (χ1n) is 3.29. The molecule has 0 aromatic carbocycles. The molecular weight excluding hydrogens is 174 g/mol. The van der Waals surface area contributed by atoms with Crippen molar-refractivity contribution in [3.8, 4) is 11.5 Å². The van der Waals surface area contributed by atoms with Crippen LogP contribution in [0.2, 0.25) is 0 Å². The molecule has 0 radical (unpaired) electrons. The van der Waals surface area contributed by atoms with Gasteiger partial charge in [-0.1, -0.05) is 0 Å². The molecule has 0 N–H and O–H groups in total. The molecule has 2 aromatic rings. The summed E-state index contributed by atoms with van der Waals surface area (Å²) in [4.78, 5) is 0. The lowest BCUT2D eigenvalue weighted by atomic mass is 10.3. The van der Waals surface area contributed by atoms with Gasteiger partial charge in [0.05, 0.1) is 5.69 Å². The first-order valence-corrected chi connectivity index (χ1v) is 3.29. The van der Waals surface area contributed by atoms with E-state index < -0.39 is 0 Å². The molecule has 13 heavy (non-hydrogen) atoms. The Kier molecular flexibility index (Phi) is 1.75. The van der Waals surface area contributed by atoms with E-state index in [1.807, 2.05) is 0 Å². The van der Waals surface area contributed by atoms with Crippen molar-refractivity contribution in [2.45, 2.75) is 6.92 Å². The minimum atomic E-state index is 0.231. The molecule has 9 nitrogen and oxygen atoms in total. The van der Waals surface area contributed by atoms with Crippen LogP contribution in [0.4, 0.5) is 0 Å². The van der Waals surface area contributed by atoms with Gasteiger partial charge in [-0.15, -0.1) is 20.4 Å². The van der Waals surface area contributed by atoms with Crippen molar-refractivity contribution in [1.82, 2.24) is 46.5 Å². The molecule has 0 saturated carbocycles. The molecule has 0 spiro atoms. The molecule has 64 valence electrons. The standard InChI is InChI=1S/C4H3N9/c1-2-3(6-10-9-5-2)4-7-11-13-12-8-4/h1H3. The van der Waals surface area contributed by atoms with Crippen LogP contribution in [0.3, 0.4) is 0 Å². The van der Waals surface area contributed by atoms with E-state index in [0.717, 1.165) is 0 Å². The molecule has 2 aromatic heterocycles. The van der Waals surface area contributed by atoms with Gasteiger partial charge in [0, 0.05) is 0 Å². The molecule has 0 aliphatic heterocycles. The van der Waals surface area contributed by atoms with Crippen molar-refractivity contribution in [2.75, 3.05) is 0 Å². The zero-order valence-corrected chi connectivity index (χ0v) is 6.52. The Labute approximate surface area is 71.6 Å². The molecule has 0 amide bonds. The van der Waals surface area contributed by atoms with Crippen LogP contribution in [0.25, 0.3) is 11.5 Å². The van der Waals surface area contributed by atoms with Crippen LogP contribution in [0, 0.1) is 6.92 Å². The lowest BCUT2D eigenvalue weighted by Gasteiger charge is -1.94. The van der Waals surface area contributed by atoms with E-state index in [4.69, 9.17) is 0 Å². The summed E-state index contributed by atoms with van der Waals surface area (Å²) in [6.07, 6.45) is 0. The monoisotopic (exact) mass is 177 g/mol. The second-order valence-corrected chi connectivity index (χ2v) is 2.10. The lowest BCUT2D eigenvalue weighted by molar-refractivity contribution is 0.674. The summed E-state index contributed by atoms with van der Waals surface area (Å²) in [5.41, 5.74) is 0.960. The van der Waals surface area contributed by atoms with Crippen LogP contribution in [0.15, 0.2) is 0 Å². The van der Waals surface area contributed by atoms with Crippen LogP contribution in [-0.4, -0.2) is 46.5 Å². The summed E-state index contributed by atoms with van der Waals surface area (Å²) in [6.45, 7) is 1.71. The van der Waals surface area contributed by atoms with E-state index in [1.54, 1.807) is 6.92 Å². The third-order valence-corrected chi connectivity index (χ3v) is 1.29. The van der Waals surface area contributed by atoms with Gasteiger partial charge in [0.15, 0.2) is 5.69 Å². The number of hydrogen-bond acceptors (Lipinski definition) is 9. The smallest absolute Gasteiger partial charge is 0.132 e. The maximum Gasteiger partial charge on any atom is 0.229 e. The first-order chi connectivity index (χ1) is 6.38. The Bertz CT molecular complexity index is 399. The van der Waals surface area contributed by atoms with Gasteiger partial charge in [-0.05, 0) is 33.0 Å². The normalized spacial score (nSPS) is 9.92. The van der Waals surface area contributed by atoms with Crippen molar-refractivity contribution >= 4 is 0 Å². The van der Waals surface area contributed by atoms with Gasteiger partial charge in [0.2, 0.25) is 5.82 Å². The Morgan fingerprint density at radius 3 is 2.00 bits per heavy atom. The molecule has 2 heterocycles. The third-order valence-electron chi connectivity index (χ3n) is 1.29. The Morgan fingerprint density at radius 1 is 0.692 bits per heavy atom. The van der Waals surface area contributed by atoms with Crippen LogP contribution in [0.1, 0.15) is 5.69 Å². The van der Waals surface area contributed by atoms with Crippen molar-refractivity contribution in [1.29, 1.82) is 0 Å². The molecule has 0 aliphatic carbocycles. The highest BCUT2D eigenvalue weighted by molar-refractivity contribution is 5.48. The zero-order valence-electron chi connectivity index (χ0n) is 6.52. The molecule has 0 fully saturated rings. The van der Waals surface area contributed by atoms with E-state index in [9.17, 15) is 0 Å². The van der Waals surface area contributed by atoms with E-state index in [0.29, 0.717) is 11.4 Å². The average molecular weight is 177 g/mol. The van der Waals surface area contributed by atoms with Crippen molar-refractivity contribution < 1.29 is 0 Å².